The van der Waals surface area contributed by atoms with Crippen LogP contribution >= 0.6 is 11.8 Å². The van der Waals surface area contributed by atoms with Crippen molar-refractivity contribution in [3.63, 3.8) is 0 Å². The summed E-state index contributed by atoms with van der Waals surface area (Å²) in [5.41, 5.74) is 3.49. The molecule has 9 nitrogen and oxygen atoms in total. The van der Waals surface area contributed by atoms with Crippen molar-refractivity contribution < 1.29 is 14.0 Å². The lowest BCUT2D eigenvalue weighted by Gasteiger charge is -2.29. The number of amides is 2. The van der Waals surface area contributed by atoms with Gasteiger partial charge in [0, 0.05) is 30.4 Å². The van der Waals surface area contributed by atoms with Crippen molar-refractivity contribution in [2.24, 2.45) is 0 Å². The minimum atomic E-state index is -0.391. The fourth-order valence-electron chi connectivity index (χ4n) is 4.10. The first-order valence-electron chi connectivity index (χ1n) is 11.2. The molecule has 174 valence electrons. The fourth-order valence-corrected chi connectivity index (χ4v) is 4.77. The molecule has 0 bridgehead atoms. The number of aromatic nitrogens is 3. The molecule has 3 aromatic heterocycles. The number of hydrogen-bond donors (Lipinski definition) is 3. The number of imide groups is 1. The number of pyridine rings is 1. The van der Waals surface area contributed by atoms with Crippen molar-refractivity contribution in [1.82, 2.24) is 25.6 Å². The molecule has 1 saturated heterocycles. The van der Waals surface area contributed by atoms with Gasteiger partial charge < -0.3 is 15.1 Å². The van der Waals surface area contributed by atoms with Gasteiger partial charge >= 0.3 is 0 Å². The second kappa shape index (κ2) is 10.2. The van der Waals surface area contributed by atoms with E-state index in [0.29, 0.717) is 22.6 Å². The zero-order chi connectivity index (χ0) is 23.3. The predicted molar refractivity (Wildman–Crippen MR) is 130 cm³/mol. The van der Waals surface area contributed by atoms with Crippen LogP contribution < -0.4 is 16.0 Å². The molecule has 10 heteroatoms. The van der Waals surface area contributed by atoms with Gasteiger partial charge in [0.05, 0.1) is 34.5 Å². The minimum absolute atomic E-state index is 0.286. The van der Waals surface area contributed by atoms with Gasteiger partial charge in [0.2, 0.25) is 5.95 Å². The number of rotatable bonds is 7. The van der Waals surface area contributed by atoms with E-state index in [-0.39, 0.29) is 11.3 Å². The molecule has 2 amide bonds. The van der Waals surface area contributed by atoms with Crippen molar-refractivity contribution in [3.8, 4) is 11.3 Å². The van der Waals surface area contributed by atoms with Crippen LogP contribution in [0.25, 0.3) is 17.3 Å². The topological polar surface area (TPSA) is 122 Å². The molecule has 0 aromatic carbocycles. The largest absolute Gasteiger partial charge is 0.472 e. The average molecular weight is 477 g/mol. The summed E-state index contributed by atoms with van der Waals surface area (Å²) in [7, 11) is 0. The average Bonchev–Trinajstić information content (AvgIpc) is 3.49. The number of nitrogens with one attached hydrogen (secondary N) is 3. The Morgan fingerprint density at radius 1 is 1.09 bits per heavy atom. The van der Waals surface area contributed by atoms with Crippen molar-refractivity contribution in [3.05, 3.63) is 65.3 Å². The maximum Gasteiger partial charge on any atom is 0.290 e. The summed E-state index contributed by atoms with van der Waals surface area (Å²) in [6.45, 7) is 0.725. The van der Waals surface area contributed by atoms with Crippen LogP contribution in [0.2, 0.25) is 0 Å². The molecule has 0 unspecified atom stereocenters. The molecule has 2 aliphatic rings. The summed E-state index contributed by atoms with van der Waals surface area (Å²) in [5, 5.41) is 8.92. The molecule has 4 heterocycles. The normalized spacial score (nSPS) is 21.6. The molecular formula is C24H24N6O3S. The summed E-state index contributed by atoms with van der Waals surface area (Å²) < 4.78 is 5.16. The number of nitrogens with zero attached hydrogens (tertiary/aromatic N) is 3. The lowest BCUT2D eigenvalue weighted by molar-refractivity contribution is -0.115. The third-order valence-corrected chi connectivity index (χ3v) is 6.66. The molecule has 5 rings (SSSR count). The van der Waals surface area contributed by atoms with Crippen LogP contribution in [-0.4, -0.2) is 38.2 Å². The Bertz CT molecular complexity index is 1200. The quantitative estimate of drug-likeness (QED) is 0.435. The number of carbonyl (C=O) groups is 2. The van der Waals surface area contributed by atoms with Crippen LogP contribution in [0.4, 0.5) is 10.7 Å². The van der Waals surface area contributed by atoms with Crippen LogP contribution in [-0.2, 0) is 11.3 Å². The number of carbonyl (C=O) groups excluding carboxylic acids is 2. The summed E-state index contributed by atoms with van der Waals surface area (Å²) in [5.74, 6) is 0.137. The standard InChI is InChI=1S/C24H24N6O3S/c31-22-21(34-24(32)30-22)12-18-8-10-25-23(29-18)28-17-6-4-16(5-7-17)26-13-19-2-1-3-20(27-19)15-9-11-33-14-15/h1-3,8-12,14,16-17,26H,4-7,13H2,(H,25,28,29)(H,30,31,32)/b21-12-. The van der Waals surface area contributed by atoms with Crippen molar-refractivity contribution in [2.75, 3.05) is 5.32 Å². The minimum Gasteiger partial charge on any atom is -0.472 e. The van der Waals surface area contributed by atoms with Crippen LogP contribution in [0.1, 0.15) is 37.1 Å². The van der Waals surface area contributed by atoms with E-state index in [0.717, 1.165) is 60.9 Å². The van der Waals surface area contributed by atoms with Gasteiger partial charge in [-0.25, -0.2) is 9.97 Å². The Morgan fingerprint density at radius 2 is 1.94 bits per heavy atom. The summed E-state index contributed by atoms with van der Waals surface area (Å²) in [4.78, 5) is 36.9. The summed E-state index contributed by atoms with van der Waals surface area (Å²) in [6.07, 6.45) is 10.7. The lowest BCUT2D eigenvalue weighted by atomic mass is 9.91. The molecule has 0 spiro atoms. The van der Waals surface area contributed by atoms with E-state index in [1.165, 1.54) is 0 Å². The highest BCUT2D eigenvalue weighted by molar-refractivity contribution is 8.18. The van der Waals surface area contributed by atoms with Crippen LogP contribution in [0, 0.1) is 0 Å². The van der Waals surface area contributed by atoms with Gasteiger partial charge in [0.15, 0.2) is 0 Å². The van der Waals surface area contributed by atoms with E-state index < -0.39 is 5.91 Å². The van der Waals surface area contributed by atoms with Crippen molar-refractivity contribution in [1.29, 1.82) is 0 Å². The van der Waals surface area contributed by atoms with Crippen LogP contribution in [0.15, 0.2) is 58.4 Å². The number of hydrogen-bond acceptors (Lipinski definition) is 9. The second-order valence-electron chi connectivity index (χ2n) is 8.26. The van der Waals surface area contributed by atoms with Crippen LogP contribution in [0.5, 0.6) is 0 Å². The smallest absolute Gasteiger partial charge is 0.290 e. The molecule has 1 aliphatic heterocycles. The van der Waals surface area contributed by atoms with Gasteiger partial charge in [-0.1, -0.05) is 6.07 Å². The maximum absolute atomic E-state index is 11.7. The van der Waals surface area contributed by atoms with Gasteiger partial charge in [-0.15, -0.1) is 0 Å². The van der Waals surface area contributed by atoms with Gasteiger partial charge in [0.25, 0.3) is 11.1 Å². The SMILES string of the molecule is O=C1NC(=O)/C(=C/c2ccnc(NC3CCC(NCc4cccc(-c5ccoc5)n4)CC3)n2)S1. The van der Waals surface area contributed by atoms with Crippen molar-refractivity contribution in [2.45, 2.75) is 44.3 Å². The first-order chi connectivity index (χ1) is 16.6. The molecule has 1 saturated carbocycles. The third kappa shape index (κ3) is 5.52. The first kappa shape index (κ1) is 22.3. The monoisotopic (exact) mass is 476 g/mol. The Balaban J connectivity index is 1.11. The van der Waals surface area contributed by atoms with Crippen LogP contribution in [0.3, 0.4) is 0 Å². The highest BCUT2D eigenvalue weighted by Gasteiger charge is 2.25. The predicted octanol–water partition coefficient (Wildman–Crippen LogP) is 3.97. The van der Waals surface area contributed by atoms with E-state index in [9.17, 15) is 9.59 Å². The summed E-state index contributed by atoms with van der Waals surface area (Å²) >= 11 is 0.878. The third-order valence-electron chi connectivity index (χ3n) is 5.85. The molecule has 0 radical (unpaired) electrons. The molecule has 2 fully saturated rings. The number of thioether (sulfide) groups is 1. The number of anilines is 1. The van der Waals surface area contributed by atoms with Gasteiger partial charge in [-0.3, -0.25) is 19.9 Å². The molecule has 34 heavy (non-hydrogen) atoms. The van der Waals surface area contributed by atoms with Crippen molar-refractivity contribution >= 4 is 34.9 Å². The van der Waals surface area contributed by atoms with E-state index in [1.807, 2.05) is 24.3 Å². The fraction of sp³-hybridized carbons (Fsp3) is 0.292. The first-order valence-corrected chi connectivity index (χ1v) is 12.0. The zero-order valence-electron chi connectivity index (χ0n) is 18.4. The molecule has 3 N–H and O–H groups in total. The Kier molecular flexibility index (Phi) is 6.68. The zero-order valence-corrected chi connectivity index (χ0v) is 19.2. The highest BCUT2D eigenvalue weighted by atomic mass is 32.2. The molecule has 1 aliphatic carbocycles. The van der Waals surface area contributed by atoms with E-state index in [2.05, 4.69) is 25.9 Å². The van der Waals surface area contributed by atoms with E-state index in [4.69, 9.17) is 9.40 Å². The lowest BCUT2D eigenvalue weighted by Crippen LogP contribution is -2.37. The Hall–Kier alpha value is -3.50. The maximum atomic E-state index is 11.7. The van der Waals surface area contributed by atoms with E-state index in [1.54, 1.807) is 30.9 Å². The number of furan rings is 1. The molecule has 3 aromatic rings. The van der Waals surface area contributed by atoms with Gasteiger partial charge in [-0.2, -0.15) is 0 Å². The summed E-state index contributed by atoms with van der Waals surface area (Å²) in [6, 6.07) is 10.4. The molecule has 0 atom stereocenters. The van der Waals surface area contributed by atoms with Gasteiger partial charge in [0.1, 0.15) is 0 Å². The van der Waals surface area contributed by atoms with E-state index >= 15 is 0 Å². The second-order valence-corrected chi connectivity index (χ2v) is 9.27. The molecular weight excluding hydrogens is 452 g/mol. The van der Waals surface area contributed by atoms with Gasteiger partial charge in [-0.05, 0) is 67.8 Å². The highest BCUT2D eigenvalue weighted by Crippen LogP contribution is 2.26. The Morgan fingerprint density at radius 3 is 2.71 bits per heavy atom. The Labute approximate surface area is 200 Å².